The number of benzene rings is 3. The molecule has 0 spiro atoms. The topological polar surface area (TPSA) is 61.3 Å². The van der Waals surface area contributed by atoms with Crippen LogP contribution in [0.4, 0.5) is 28.6 Å². The van der Waals surface area contributed by atoms with E-state index >= 15 is 0 Å². The Morgan fingerprint density at radius 3 is 2.67 bits per heavy atom. The summed E-state index contributed by atoms with van der Waals surface area (Å²) in [6.45, 7) is 2.06. The van der Waals surface area contributed by atoms with Gasteiger partial charge in [-0.15, -0.1) is 23.8 Å². The van der Waals surface area contributed by atoms with Crippen molar-refractivity contribution in [1.82, 2.24) is 9.97 Å². The van der Waals surface area contributed by atoms with E-state index in [0.717, 1.165) is 50.8 Å². The van der Waals surface area contributed by atoms with Crippen LogP contribution in [-0.4, -0.2) is 15.1 Å². The Labute approximate surface area is 206 Å². The summed E-state index contributed by atoms with van der Waals surface area (Å²) in [7, 11) is 0. The Morgan fingerprint density at radius 2 is 1.79 bits per heavy atom. The molecule has 0 atom stereocenters. The minimum Gasteiger partial charge on any atom is -0.506 e. The number of fused-ring (bicyclic) bond motifs is 3. The van der Waals surface area contributed by atoms with Crippen molar-refractivity contribution in [3.05, 3.63) is 96.7 Å². The molecule has 3 heterocycles. The summed E-state index contributed by atoms with van der Waals surface area (Å²) in [5.41, 5.74) is 7.14. The zero-order valence-corrected chi connectivity index (χ0v) is 20.0. The fourth-order valence-corrected chi connectivity index (χ4v) is 4.11. The van der Waals surface area contributed by atoms with Gasteiger partial charge in [-0.1, -0.05) is 36.4 Å². The predicted octanol–water partition coefficient (Wildman–Crippen LogP) is 6.64. The van der Waals surface area contributed by atoms with Crippen LogP contribution >= 0.6 is 0 Å². The minimum atomic E-state index is 0. The number of hydrogen-bond donors (Lipinski definition) is 2. The number of phenols is 1. The third kappa shape index (κ3) is 3.65. The summed E-state index contributed by atoms with van der Waals surface area (Å²) in [6, 6.07) is 29.2. The second-order valence-corrected chi connectivity index (χ2v) is 7.85. The Bertz CT molecular complexity index is 1500. The van der Waals surface area contributed by atoms with Crippen molar-refractivity contribution in [2.75, 3.05) is 10.2 Å². The molecule has 164 valence electrons. The van der Waals surface area contributed by atoms with Crippen LogP contribution in [-0.2, 0) is 21.1 Å². The van der Waals surface area contributed by atoms with Crippen LogP contribution in [0.25, 0.3) is 22.2 Å². The average molecular weight is 611 g/mol. The molecule has 1 aliphatic rings. The van der Waals surface area contributed by atoms with Crippen LogP contribution in [0.5, 0.6) is 5.75 Å². The molecule has 33 heavy (non-hydrogen) atoms. The van der Waals surface area contributed by atoms with Gasteiger partial charge in [0.1, 0.15) is 17.1 Å². The Balaban J connectivity index is 0.00000228. The third-order valence-corrected chi connectivity index (χ3v) is 5.67. The van der Waals surface area contributed by atoms with Crippen molar-refractivity contribution in [3.63, 3.8) is 0 Å². The number of nitrogens with zero attached hydrogens (tertiary/aromatic N) is 3. The number of aromatic hydroxyl groups is 1. The summed E-state index contributed by atoms with van der Waals surface area (Å²) < 4.78 is 0. The number of aryl methyl sites for hydroxylation is 1. The molecule has 3 aromatic carbocycles. The van der Waals surface area contributed by atoms with Crippen LogP contribution < -0.4 is 10.2 Å². The molecule has 0 fully saturated rings. The van der Waals surface area contributed by atoms with Gasteiger partial charge in [-0.3, -0.25) is 4.98 Å². The normalized spacial score (nSPS) is 11.8. The predicted molar refractivity (Wildman–Crippen MR) is 128 cm³/mol. The quantitative estimate of drug-likeness (QED) is 0.216. The minimum absolute atomic E-state index is 0. The van der Waals surface area contributed by atoms with E-state index in [0.29, 0.717) is 5.52 Å². The van der Waals surface area contributed by atoms with Gasteiger partial charge in [0.05, 0.1) is 11.4 Å². The molecule has 5 nitrogen and oxygen atoms in total. The number of rotatable bonds is 2. The molecule has 1 aliphatic heterocycles. The number of phenolic OH excluding ortho intramolecular Hbond substituents is 1. The first-order chi connectivity index (χ1) is 15.7. The largest absolute Gasteiger partial charge is 0.506 e. The summed E-state index contributed by atoms with van der Waals surface area (Å²) in [5, 5.41) is 14.7. The van der Waals surface area contributed by atoms with Gasteiger partial charge in [0.15, 0.2) is 0 Å². The molecule has 0 amide bonds. The van der Waals surface area contributed by atoms with Crippen LogP contribution in [0.1, 0.15) is 5.56 Å². The molecule has 2 aromatic heterocycles. The van der Waals surface area contributed by atoms with Crippen molar-refractivity contribution in [3.8, 4) is 17.0 Å². The number of nitrogens with one attached hydrogen (secondary N) is 1. The fourth-order valence-electron chi connectivity index (χ4n) is 4.11. The standard InChI is InChI=1S/C27H19N4O.Pt/c1-17-13-14-28-26(15-17)31-23-7-3-2-6-21(23)29-22-12-10-19(16-24(22)31)20-11-9-18-5-4-8-25(32)27(18)30-20;/h2-15,29,32H,1H3;/q-1;. The average Bonchev–Trinajstić information content (AvgIpc) is 2.82. The number of aromatic nitrogens is 2. The van der Waals surface area contributed by atoms with Gasteiger partial charge in [0, 0.05) is 32.6 Å². The van der Waals surface area contributed by atoms with Crippen LogP contribution in [0.3, 0.4) is 0 Å². The van der Waals surface area contributed by atoms with Crippen LogP contribution in [0.2, 0.25) is 0 Å². The van der Waals surface area contributed by atoms with Crippen LogP contribution in [0, 0.1) is 13.0 Å². The summed E-state index contributed by atoms with van der Waals surface area (Å²) >= 11 is 0. The first kappa shape index (κ1) is 21.2. The van der Waals surface area contributed by atoms with Gasteiger partial charge in [-0.05, 0) is 59.9 Å². The smallest absolute Gasteiger partial charge is 0.140 e. The van der Waals surface area contributed by atoms with Crippen molar-refractivity contribution in [2.45, 2.75) is 6.92 Å². The van der Waals surface area contributed by atoms with Crippen LogP contribution in [0.15, 0.2) is 85.1 Å². The first-order valence-electron chi connectivity index (χ1n) is 10.4. The molecule has 2 N–H and O–H groups in total. The number of para-hydroxylation sites is 3. The monoisotopic (exact) mass is 610 g/mol. The molecule has 0 saturated carbocycles. The third-order valence-electron chi connectivity index (χ3n) is 5.67. The Morgan fingerprint density at radius 1 is 0.909 bits per heavy atom. The second-order valence-electron chi connectivity index (χ2n) is 7.85. The molecule has 0 aliphatic carbocycles. The van der Waals surface area contributed by atoms with Gasteiger partial charge in [0.2, 0.25) is 0 Å². The zero-order chi connectivity index (χ0) is 21.7. The summed E-state index contributed by atoms with van der Waals surface area (Å²) in [6.07, 6.45) is 1.83. The fraction of sp³-hybridized carbons (Fsp3) is 0.0370. The van der Waals surface area contributed by atoms with Crippen molar-refractivity contribution in [1.29, 1.82) is 0 Å². The molecule has 0 saturated heterocycles. The maximum Gasteiger partial charge on any atom is 0.140 e. The van der Waals surface area contributed by atoms with E-state index in [1.807, 2.05) is 60.8 Å². The second kappa shape index (κ2) is 8.34. The SMILES string of the molecule is Cc1ccnc(N2c3[c-]c(-c4ccc5cccc(O)c5n4)ccc3Nc3ccccc32)c1.[Pt]. The van der Waals surface area contributed by atoms with Crippen molar-refractivity contribution < 1.29 is 26.2 Å². The summed E-state index contributed by atoms with van der Waals surface area (Å²) in [4.78, 5) is 11.5. The van der Waals surface area contributed by atoms with E-state index in [4.69, 9.17) is 4.98 Å². The maximum atomic E-state index is 10.3. The molecular weight excluding hydrogens is 591 g/mol. The van der Waals surface area contributed by atoms with Crippen molar-refractivity contribution in [2.24, 2.45) is 0 Å². The number of pyridine rings is 2. The number of anilines is 5. The van der Waals surface area contributed by atoms with E-state index in [1.54, 1.807) is 6.07 Å². The van der Waals surface area contributed by atoms with E-state index in [1.165, 1.54) is 0 Å². The molecule has 6 heteroatoms. The van der Waals surface area contributed by atoms with E-state index < -0.39 is 0 Å². The molecule has 0 bridgehead atoms. The first-order valence-corrected chi connectivity index (χ1v) is 10.4. The van der Waals surface area contributed by atoms with Gasteiger partial charge >= 0.3 is 0 Å². The van der Waals surface area contributed by atoms with Gasteiger partial charge < -0.3 is 15.3 Å². The molecule has 6 rings (SSSR count). The molecular formula is C27H19N4OPt-. The molecule has 5 aromatic rings. The maximum absolute atomic E-state index is 10.3. The Hall–Kier alpha value is -3.69. The van der Waals surface area contributed by atoms with Gasteiger partial charge in [-0.2, -0.15) is 0 Å². The van der Waals surface area contributed by atoms with E-state index in [-0.39, 0.29) is 26.8 Å². The van der Waals surface area contributed by atoms with Gasteiger partial charge in [-0.25, -0.2) is 4.98 Å². The molecule has 0 radical (unpaired) electrons. The van der Waals surface area contributed by atoms with E-state index in [9.17, 15) is 5.11 Å². The van der Waals surface area contributed by atoms with E-state index in [2.05, 4.69) is 46.4 Å². The number of hydrogen-bond acceptors (Lipinski definition) is 5. The zero-order valence-electron chi connectivity index (χ0n) is 17.7. The van der Waals surface area contributed by atoms with Gasteiger partial charge in [0.25, 0.3) is 0 Å². The van der Waals surface area contributed by atoms with Crippen molar-refractivity contribution >= 4 is 39.5 Å². The Kier molecular flexibility index (Phi) is 5.35. The summed E-state index contributed by atoms with van der Waals surface area (Å²) in [5.74, 6) is 1.00. The molecule has 0 unspecified atom stereocenters.